The second-order valence-electron chi connectivity index (χ2n) is 8.25. The number of benzene rings is 1. The fourth-order valence-corrected chi connectivity index (χ4v) is 4.30. The molecule has 1 aliphatic rings. The highest BCUT2D eigenvalue weighted by atomic mass is 19.1. The molecular formula is C21H22F2N4O2. The molecule has 0 unspecified atom stereocenters. The summed E-state index contributed by atoms with van der Waals surface area (Å²) >= 11 is 0. The van der Waals surface area contributed by atoms with Gasteiger partial charge in [0, 0.05) is 11.8 Å². The SMILES string of the molecule is CC(C)[C@H]1CC[C@](C)(Cc2noc(O)n2)c2nnc(-c3c(F)cccc3F)cc21. The van der Waals surface area contributed by atoms with Gasteiger partial charge in [0.25, 0.3) is 0 Å². The monoisotopic (exact) mass is 400 g/mol. The predicted molar refractivity (Wildman–Crippen MR) is 101 cm³/mol. The smallest absolute Gasteiger partial charge is 0.414 e. The summed E-state index contributed by atoms with van der Waals surface area (Å²) in [5.74, 6) is -0.428. The van der Waals surface area contributed by atoms with Crippen molar-refractivity contribution in [1.29, 1.82) is 0 Å². The highest BCUT2D eigenvalue weighted by molar-refractivity contribution is 5.62. The third-order valence-electron chi connectivity index (χ3n) is 5.83. The maximum atomic E-state index is 14.3. The summed E-state index contributed by atoms with van der Waals surface area (Å²) in [5, 5.41) is 21.7. The van der Waals surface area contributed by atoms with Gasteiger partial charge in [0.15, 0.2) is 5.82 Å². The van der Waals surface area contributed by atoms with E-state index in [0.29, 0.717) is 18.2 Å². The predicted octanol–water partition coefficient (Wildman–Crippen LogP) is 4.54. The van der Waals surface area contributed by atoms with Gasteiger partial charge in [-0.2, -0.15) is 15.2 Å². The third kappa shape index (κ3) is 3.47. The molecule has 0 radical (unpaired) electrons. The zero-order chi connectivity index (χ0) is 20.8. The van der Waals surface area contributed by atoms with Crippen molar-refractivity contribution in [2.75, 3.05) is 0 Å². The summed E-state index contributed by atoms with van der Waals surface area (Å²) in [6.45, 7) is 6.28. The molecule has 0 bridgehead atoms. The van der Waals surface area contributed by atoms with Crippen LogP contribution in [0.4, 0.5) is 8.78 Å². The van der Waals surface area contributed by atoms with Crippen LogP contribution in [-0.2, 0) is 11.8 Å². The zero-order valence-corrected chi connectivity index (χ0v) is 16.5. The van der Waals surface area contributed by atoms with Crippen molar-refractivity contribution in [2.45, 2.75) is 51.4 Å². The maximum absolute atomic E-state index is 14.3. The van der Waals surface area contributed by atoms with Gasteiger partial charge >= 0.3 is 6.08 Å². The van der Waals surface area contributed by atoms with E-state index in [2.05, 4.69) is 38.7 Å². The van der Waals surface area contributed by atoms with Crippen molar-refractivity contribution >= 4 is 0 Å². The molecule has 0 saturated carbocycles. The normalized spacial score (nSPS) is 21.4. The standard InChI is InChI=1S/C21H22F2N4O2/c1-11(2)12-7-8-21(3,10-17-24-20(28)29-27-17)19-13(12)9-16(25-26-19)18-14(22)5-4-6-15(18)23/h4-6,9,11-12H,7-8,10H2,1-3H3,(H,24,27,28)/t12-,21-/m1/s1. The highest BCUT2D eigenvalue weighted by Gasteiger charge is 2.40. The molecule has 4 rings (SSSR count). The Kier molecular flexibility index (Phi) is 4.80. The van der Waals surface area contributed by atoms with Gasteiger partial charge in [0.2, 0.25) is 0 Å². The van der Waals surface area contributed by atoms with Crippen LogP contribution in [0, 0.1) is 17.6 Å². The molecule has 152 valence electrons. The Morgan fingerprint density at radius 3 is 2.59 bits per heavy atom. The molecule has 2 aromatic heterocycles. The number of halogens is 2. The lowest BCUT2D eigenvalue weighted by Crippen LogP contribution is -2.35. The minimum atomic E-state index is -0.666. The maximum Gasteiger partial charge on any atom is 0.414 e. The van der Waals surface area contributed by atoms with Crippen LogP contribution in [0.25, 0.3) is 11.3 Å². The summed E-state index contributed by atoms with van der Waals surface area (Å²) in [4.78, 5) is 3.90. The number of fused-ring (bicyclic) bond motifs is 1. The summed E-state index contributed by atoms with van der Waals surface area (Å²) in [5.41, 5.74) is 1.30. The number of nitrogens with zero attached hydrogens (tertiary/aromatic N) is 4. The molecule has 2 heterocycles. The highest BCUT2D eigenvalue weighted by Crippen LogP contribution is 2.46. The topological polar surface area (TPSA) is 84.9 Å². The minimum Gasteiger partial charge on any atom is -0.464 e. The Morgan fingerprint density at radius 1 is 1.24 bits per heavy atom. The Morgan fingerprint density at radius 2 is 1.97 bits per heavy atom. The molecule has 2 atom stereocenters. The van der Waals surface area contributed by atoms with Gasteiger partial charge in [-0.1, -0.05) is 32.0 Å². The van der Waals surface area contributed by atoms with Crippen LogP contribution in [0.15, 0.2) is 28.8 Å². The van der Waals surface area contributed by atoms with Crippen LogP contribution in [-0.4, -0.2) is 25.4 Å². The van der Waals surface area contributed by atoms with Gasteiger partial charge in [-0.25, -0.2) is 8.78 Å². The number of hydrogen-bond acceptors (Lipinski definition) is 6. The molecule has 0 saturated heterocycles. The van der Waals surface area contributed by atoms with E-state index in [4.69, 9.17) is 0 Å². The van der Waals surface area contributed by atoms with Crippen molar-refractivity contribution < 1.29 is 18.4 Å². The lowest BCUT2D eigenvalue weighted by Gasteiger charge is -2.39. The molecule has 8 heteroatoms. The van der Waals surface area contributed by atoms with E-state index in [1.165, 1.54) is 18.2 Å². The van der Waals surface area contributed by atoms with E-state index >= 15 is 0 Å². The molecule has 1 N–H and O–H groups in total. The fraction of sp³-hybridized carbons (Fsp3) is 0.429. The van der Waals surface area contributed by atoms with Crippen molar-refractivity contribution in [1.82, 2.24) is 20.3 Å². The second kappa shape index (κ2) is 7.17. The molecule has 0 spiro atoms. The van der Waals surface area contributed by atoms with Crippen LogP contribution in [0.1, 0.15) is 56.6 Å². The van der Waals surface area contributed by atoms with E-state index in [1.807, 2.05) is 6.92 Å². The number of aromatic hydroxyl groups is 1. The molecule has 1 aliphatic carbocycles. The van der Waals surface area contributed by atoms with Crippen LogP contribution in [0.5, 0.6) is 6.08 Å². The van der Waals surface area contributed by atoms with Crippen LogP contribution in [0.3, 0.4) is 0 Å². The van der Waals surface area contributed by atoms with E-state index in [0.717, 1.165) is 24.1 Å². The van der Waals surface area contributed by atoms with Gasteiger partial charge < -0.3 is 5.11 Å². The van der Waals surface area contributed by atoms with Gasteiger partial charge in [-0.05, 0) is 48.4 Å². The molecule has 29 heavy (non-hydrogen) atoms. The van der Waals surface area contributed by atoms with Gasteiger partial charge in [0.1, 0.15) is 11.6 Å². The van der Waals surface area contributed by atoms with E-state index in [1.54, 1.807) is 6.07 Å². The molecule has 0 aliphatic heterocycles. The minimum absolute atomic E-state index is 0.166. The second-order valence-corrected chi connectivity index (χ2v) is 8.25. The molecule has 6 nitrogen and oxygen atoms in total. The molecular weight excluding hydrogens is 378 g/mol. The van der Waals surface area contributed by atoms with E-state index in [9.17, 15) is 13.9 Å². The zero-order valence-electron chi connectivity index (χ0n) is 16.5. The number of hydrogen-bond donors (Lipinski definition) is 1. The van der Waals surface area contributed by atoms with Gasteiger partial charge in [-0.15, -0.1) is 0 Å². The largest absolute Gasteiger partial charge is 0.464 e. The van der Waals surface area contributed by atoms with Gasteiger partial charge in [0.05, 0.1) is 17.0 Å². The Hall–Kier alpha value is -2.90. The third-order valence-corrected chi connectivity index (χ3v) is 5.83. The van der Waals surface area contributed by atoms with E-state index in [-0.39, 0.29) is 17.2 Å². The lowest BCUT2D eigenvalue weighted by molar-refractivity contribution is 0.264. The Labute approximate surface area is 167 Å². The van der Waals surface area contributed by atoms with Crippen LogP contribution < -0.4 is 0 Å². The fourth-order valence-electron chi connectivity index (χ4n) is 4.30. The molecule has 1 aromatic carbocycles. The molecule has 0 fully saturated rings. The summed E-state index contributed by atoms with van der Waals surface area (Å²) in [6, 6.07) is 5.52. The lowest BCUT2D eigenvalue weighted by atomic mass is 9.66. The molecule has 0 amide bonds. The van der Waals surface area contributed by atoms with Gasteiger partial charge in [-0.3, -0.25) is 4.52 Å². The first kappa shape index (κ1) is 19.4. The van der Waals surface area contributed by atoms with Crippen LogP contribution >= 0.6 is 0 Å². The summed E-state index contributed by atoms with van der Waals surface area (Å²) in [7, 11) is 0. The quantitative estimate of drug-likeness (QED) is 0.692. The van der Waals surface area contributed by atoms with Crippen molar-refractivity contribution in [3.63, 3.8) is 0 Å². The first-order valence-electron chi connectivity index (χ1n) is 9.62. The number of rotatable bonds is 4. The average molecular weight is 400 g/mol. The van der Waals surface area contributed by atoms with Crippen molar-refractivity contribution in [2.24, 2.45) is 5.92 Å². The summed E-state index contributed by atoms with van der Waals surface area (Å²) in [6.07, 6.45) is 1.64. The first-order chi connectivity index (χ1) is 13.8. The number of aromatic nitrogens is 4. The first-order valence-corrected chi connectivity index (χ1v) is 9.62. The van der Waals surface area contributed by atoms with Crippen molar-refractivity contribution in [3.05, 3.63) is 53.0 Å². The van der Waals surface area contributed by atoms with Crippen LogP contribution in [0.2, 0.25) is 0 Å². The average Bonchev–Trinajstić information content (AvgIpc) is 3.06. The Balaban J connectivity index is 1.82. The summed E-state index contributed by atoms with van der Waals surface area (Å²) < 4.78 is 33.3. The van der Waals surface area contributed by atoms with E-state index < -0.39 is 23.1 Å². The van der Waals surface area contributed by atoms with Crippen molar-refractivity contribution in [3.8, 4) is 17.3 Å². The Bertz CT molecular complexity index is 1030. The molecule has 3 aromatic rings.